The molecule has 0 saturated carbocycles. The van der Waals surface area contributed by atoms with E-state index >= 15 is 0 Å². The molecule has 7 heteroatoms. The predicted molar refractivity (Wildman–Crippen MR) is 68.6 cm³/mol. The van der Waals surface area contributed by atoms with Crippen molar-refractivity contribution in [3.05, 3.63) is 47.5 Å². The van der Waals surface area contributed by atoms with Crippen LogP contribution in [0.5, 0.6) is 0 Å². The Hall–Kier alpha value is -1.86. The van der Waals surface area contributed by atoms with Gasteiger partial charge in [-0.2, -0.15) is 0 Å². The number of hydrogen-bond acceptors (Lipinski definition) is 4. The van der Waals surface area contributed by atoms with Crippen LogP contribution >= 0.6 is 0 Å². The van der Waals surface area contributed by atoms with Gasteiger partial charge in [-0.05, 0) is 18.2 Å². The molecule has 1 aromatic carbocycles. The minimum Gasteiger partial charge on any atom is -0.323 e. The fourth-order valence-electron chi connectivity index (χ4n) is 2.45. The van der Waals surface area contributed by atoms with E-state index < -0.39 is 17.7 Å². The van der Waals surface area contributed by atoms with Gasteiger partial charge in [0.15, 0.2) is 0 Å². The zero-order chi connectivity index (χ0) is 14.1. The molecule has 0 spiro atoms. The molecule has 1 atom stereocenters. The highest BCUT2D eigenvalue weighted by Gasteiger charge is 2.21. The van der Waals surface area contributed by atoms with Gasteiger partial charge in [-0.25, -0.2) is 8.78 Å². The monoisotopic (exact) mass is 279 g/mol. The summed E-state index contributed by atoms with van der Waals surface area (Å²) in [5.74, 6) is -0.0857. The second-order valence-electron chi connectivity index (χ2n) is 4.95. The largest absolute Gasteiger partial charge is 0.323 e. The lowest BCUT2D eigenvalue weighted by Gasteiger charge is -2.29. The third kappa shape index (κ3) is 2.54. The molecule has 1 unspecified atom stereocenters. The van der Waals surface area contributed by atoms with Gasteiger partial charge in [0.05, 0.1) is 6.54 Å². The molecular formula is C13H15F2N5. The first-order valence-electron chi connectivity index (χ1n) is 6.43. The predicted octanol–water partition coefficient (Wildman–Crippen LogP) is 1.07. The van der Waals surface area contributed by atoms with Gasteiger partial charge in [0.1, 0.15) is 23.8 Å². The van der Waals surface area contributed by atoms with Crippen LogP contribution in [0, 0.1) is 11.6 Å². The summed E-state index contributed by atoms with van der Waals surface area (Å²) < 4.78 is 28.8. The van der Waals surface area contributed by atoms with Crippen LogP contribution in [0.25, 0.3) is 0 Å². The Kier molecular flexibility index (Phi) is 3.45. The third-order valence-electron chi connectivity index (χ3n) is 3.53. The van der Waals surface area contributed by atoms with Crippen molar-refractivity contribution in [3.8, 4) is 0 Å². The van der Waals surface area contributed by atoms with E-state index in [1.165, 1.54) is 0 Å². The Labute approximate surface area is 115 Å². The standard InChI is InChI=1S/C13H15F2N5/c14-9-1-2-11(15)10(5-9)12(16)6-19-3-4-20-8-17-18-13(20)7-19/h1-2,5,8,12H,3-4,6-7,16H2. The number of nitrogens with zero attached hydrogens (tertiary/aromatic N) is 4. The van der Waals surface area contributed by atoms with Crippen molar-refractivity contribution in [2.24, 2.45) is 5.73 Å². The summed E-state index contributed by atoms with van der Waals surface area (Å²) in [5.41, 5.74) is 6.21. The Morgan fingerprint density at radius 1 is 1.30 bits per heavy atom. The normalized spacial score (nSPS) is 16.9. The molecule has 106 valence electrons. The van der Waals surface area contributed by atoms with Crippen molar-refractivity contribution < 1.29 is 8.78 Å². The van der Waals surface area contributed by atoms with Crippen LogP contribution in [0.15, 0.2) is 24.5 Å². The maximum atomic E-state index is 13.7. The number of hydrogen-bond donors (Lipinski definition) is 1. The van der Waals surface area contributed by atoms with Gasteiger partial charge < -0.3 is 10.3 Å². The summed E-state index contributed by atoms with van der Waals surface area (Å²) in [7, 11) is 0. The summed E-state index contributed by atoms with van der Waals surface area (Å²) >= 11 is 0. The fourth-order valence-corrected chi connectivity index (χ4v) is 2.45. The van der Waals surface area contributed by atoms with Gasteiger partial charge in [0.2, 0.25) is 0 Å². The minimum absolute atomic E-state index is 0.206. The summed E-state index contributed by atoms with van der Waals surface area (Å²) in [5, 5.41) is 7.86. The minimum atomic E-state index is -0.569. The van der Waals surface area contributed by atoms with E-state index in [0.717, 1.165) is 37.1 Å². The van der Waals surface area contributed by atoms with E-state index in [4.69, 9.17) is 5.73 Å². The summed E-state index contributed by atoms with van der Waals surface area (Å²) in [6.07, 6.45) is 1.69. The van der Waals surface area contributed by atoms with Gasteiger partial charge in [-0.15, -0.1) is 10.2 Å². The van der Waals surface area contributed by atoms with Gasteiger partial charge in [0, 0.05) is 31.2 Å². The molecule has 2 heterocycles. The molecule has 20 heavy (non-hydrogen) atoms. The summed E-state index contributed by atoms with van der Waals surface area (Å²) in [6, 6.07) is 2.79. The van der Waals surface area contributed by atoms with Crippen molar-refractivity contribution in [1.29, 1.82) is 0 Å². The second kappa shape index (κ2) is 5.26. The van der Waals surface area contributed by atoms with E-state index in [-0.39, 0.29) is 5.56 Å². The quantitative estimate of drug-likeness (QED) is 0.913. The number of aromatic nitrogens is 3. The van der Waals surface area contributed by atoms with Crippen molar-refractivity contribution in [2.45, 2.75) is 19.1 Å². The first-order valence-corrected chi connectivity index (χ1v) is 6.43. The lowest BCUT2D eigenvalue weighted by Crippen LogP contribution is -2.38. The Balaban J connectivity index is 1.71. The van der Waals surface area contributed by atoms with E-state index in [1.54, 1.807) is 6.33 Å². The number of fused-ring (bicyclic) bond motifs is 1. The highest BCUT2D eigenvalue weighted by Crippen LogP contribution is 2.19. The highest BCUT2D eigenvalue weighted by atomic mass is 19.1. The van der Waals surface area contributed by atoms with Crippen molar-refractivity contribution >= 4 is 0 Å². The summed E-state index contributed by atoms with van der Waals surface area (Å²) in [6.45, 7) is 2.63. The zero-order valence-corrected chi connectivity index (χ0v) is 10.8. The first-order chi connectivity index (χ1) is 9.63. The molecular weight excluding hydrogens is 264 g/mol. The highest BCUT2D eigenvalue weighted by molar-refractivity contribution is 5.22. The van der Waals surface area contributed by atoms with Crippen molar-refractivity contribution in [1.82, 2.24) is 19.7 Å². The summed E-state index contributed by atoms with van der Waals surface area (Å²) in [4.78, 5) is 2.07. The van der Waals surface area contributed by atoms with Crippen LogP contribution in [0.1, 0.15) is 17.4 Å². The average molecular weight is 279 g/mol. The number of rotatable bonds is 3. The number of halogens is 2. The molecule has 3 rings (SSSR count). The van der Waals surface area contributed by atoms with Crippen LogP contribution in [-0.4, -0.2) is 32.8 Å². The SMILES string of the molecule is NC(CN1CCn2cnnc2C1)c1cc(F)ccc1F. The smallest absolute Gasteiger partial charge is 0.147 e. The van der Waals surface area contributed by atoms with Gasteiger partial charge in [-0.3, -0.25) is 4.90 Å². The van der Waals surface area contributed by atoms with Crippen molar-refractivity contribution in [3.63, 3.8) is 0 Å². The van der Waals surface area contributed by atoms with Crippen LogP contribution in [0.3, 0.4) is 0 Å². The Morgan fingerprint density at radius 2 is 2.15 bits per heavy atom. The van der Waals surface area contributed by atoms with E-state index in [9.17, 15) is 8.78 Å². The molecule has 1 aliphatic rings. The lowest BCUT2D eigenvalue weighted by molar-refractivity contribution is 0.204. The molecule has 2 aromatic rings. The third-order valence-corrected chi connectivity index (χ3v) is 3.53. The Morgan fingerprint density at radius 3 is 3.00 bits per heavy atom. The molecule has 1 aliphatic heterocycles. The molecule has 0 radical (unpaired) electrons. The van der Waals surface area contributed by atoms with Crippen LogP contribution < -0.4 is 5.73 Å². The zero-order valence-electron chi connectivity index (χ0n) is 10.8. The van der Waals surface area contributed by atoms with E-state index in [1.807, 2.05) is 4.57 Å². The lowest BCUT2D eigenvalue weighted by atomic mass is 10.1. The van der Waals surface area contributed by atoms with Crippen molar-refractivity contribution in [2.75, 3.05) is 13.1 Å². The molecule has 1 aromatic heterocycles. The van der Waals surface area contributed by atoms with E-state index in [0.29, 0.717) is 13.1 Å². The number of benzene rings is 1. The van der Waals surface area contributed by atoms with Crippen LogP contribution in [-0.2, 0) is 13.1 Å². The van der Waals surface area contributed by atoms with Gasteiger partial charge in [0.25, 0.3) is 0 Å². The molecule has 2 N–H and O–H groups in total. The molecule has 5 nitrogen and oxygen atoms in total. The molecule has 0 bridgehead atoms. The fraction of sp³-hybridized carbons (Fsp3) is 0.385. The van der Waals surface area contributed by atoms with Gasteiger partial charge >= 0.3 is 0 Å². The molecule has 0 amide bonds. The van der Waals surface area contributed by atoms with Gasteiger partial charge in [-0.1, -0.05) is 0 Å². The Bertz CT molecular complexity index is 613. The first kappa shape index (κ1) is 13.1. The van der Waals surface area contributed by atoms with Crippen LogP contribution in [0.4, 0.5) is 8.78 Å². The maximum Gasteiger partial charge on any atom is 0.147 e. The molecule has 0 fully saturated rings. The van der Waals surface area contributed by atoms with E-state index in [2.05, 4.69) is 15.1 Å². The maximum absolute atomic E-state index is 13.7. The topological polar surface area (TPSA) is 60.0 Å². The average Bonchev–Trinajstić information content (AvgIpc) is 2.89. The molecule has 0 saturated heterocycles. The second-order valence-corrected chi connectivity index (χ2v) is 4.95. The number of nitrogens with two attached hydrogens (primary N) is 1. The molecule has 0 aliphatic carbocycles. The van der Waals surface area contributed by atoms with Crippen LogP contribution in [0.2, 0.25) is 0 Å².